The van der Waals surface area contributed by atoms with Gasteiger partial charge in [0.1, 0.15) is 11.4 Å². The number of hydrogen-bond acceptors (Lipinski definition) is 8. The highest BCUT2D eigenvalue weighted by Gasteiger charge is 2.26. The highest BCUT2D eigenvalue weighted by Crippen LogP contribution is 2.27. The molecule has 10 heteroatoms. The van der Waals surface area contributed by atoms with Crippen LogP contribution < -0.4 is 10.1 Å². The summed E-state index contributed by atoms with van der Waals surface area (Å²) in [5.41, 5.74) is -0.201. The molecule has 1 heterocycles. The topological polar surface area (TPSA) is 121 Å². The Bertz CT molecular complexity index is 1230. The van der Waals surface area contributed by atoms with Gasteiger partial charge in [0, 0.05) is 31.2 Å². The second-order valence-electron chi connectivity index (χ2n) is 13.5. The minimum atomic E-state index is -3.56. The van der Waals surface area contributed by atoms with Crippen LogP contribution in [0.4, 0.5) is 0 Å². The third-order valence-corrected chi connectivity index (χ3v) is 9.40. The average Bonchev–Trinajstić information content (AvgIpc) is 3.51. The summed E-state index contributed by atoms with van der Waals surface area (Å²) < 4.78 is 41.0. The maximum atomic E-state index is 12.4. The summed E-state index contributed by atoms with van der Waals surface area (Å²) in [5, 5.41) is 10.1. The molecule has 9 nitrogen and oxygen atoms in total. The van der Waals surface area contributed by atoms with Crippen molar-refractivity contribution in [2.24, 2.45) is 0 Å². The molecule has 0 aliphatic rings. The van der Waals surface area contributed by atoms with Gasteiger partial charge in [-0.2, -0.15) is 0 Å². The molecule has 0 fully saturated rings. The van der Waals surface area contributed by atoms with Crippen molar-refractivity contribution in [3.8, 4) is 17.2 Å². The van der Waals surface area contributed by atoms with Gasteiger partial charge >= 0.3 is 5.22 Å². The van der Waals surface area contributed by atoms with Crippen LogP contribution in [-0.2, 0) is 19.4 Å². The molecule has 1 aromatic heterocycles. The van der Waals surface area contributed by atoms with Gasteiger partial charge in [-0.25, -0.2) is 8.42 Å². The van der Waals surface area contributed by atoms with Crippen molar-refractivity contribution in [1.82, 2.24) is 15.5 Å². The number of sulfone groups is 1. The zero-order chi connectivity index (χ0) is 33.9. The summed E-state index contributed by atoms with van der Waals surface area (Å²) in [5.74, 6) is 0.937. The van der Waals surface area contributed by atoms with E-state index >= 15 is 0 Å². The van der Waals surface area contributed by atoms with Gasteiger partial charge in [0.2, 0.25) is 21.6 Å². The molecule has 2 aromatic rings. The van der Waals surface area contributed by atoms with Crippen LogP contribution in [0.5, 0.6) is 5.75 Å². The van der Waals surface area contributed by atoms with Gasteiger partial charge in [0.15, 0.2) is 0 Å². The Labute approximate surface area is 278 Å². The Morgan fingerprint density at radius 3 is 1.91 bits per heavy atom. The number of rotatable bonds is 26. The van der Waals surface area contributed by atoms with Gasteiger partial charge in [-0.15, -0.1) is 5.10 Å². The molecule has 1 N–H and O–H groups in total. The predicted molar refractivity (Wildman–Crippen MR) is 185 cm³/mol. The lowest BCUT2D eigenvalue weighted by atomic mass is 9.98. The summed E-state index contributed by atoms with van der Waals surface area (Å²) in [6.45, 7) is 11.6. The van der Waals surface area contributed by atoms with Crippen molar-refractivity contribution in [3.05, 3.63) is 24.3 Å². The first-order chi connectivity index (χ1) is 21.9. The predicted octanol–water partition coefficient (Wildman–Crippen LogP) is 8.86. The van der Waals surface area contributed by atoms with Crippen LogP contribution in [0.25, 0.3) is 11.5 Å². The van der Waals surface area contributed by atoms with Gasteiger partial charge in [0.05, 0.1) is 12.2 Å². The van der Waals surface area contributed by atoms with E-state index in [1.807, 2.05) is 13.8 Å². The molecule has 0 bridgehead atoms. The second-order valence-corrected chi connectivity index (χ2v) is 15.4. The molecule has 1 unspecified atom stereocenters. The van der Waals surface area contributed by atoms with Crippen LogP contribution in [0.15, 0.2) is 33.9 Å². The zero-order valence-electron chi connectivity index (χ0n) is 29.5. The first-order valence-electron chi connectivity index (χ1n) is 17.6. The number of ether oxygens (including phenoxy) is 2. The van der Waals surface area contributed by atoms with E-state index in [4.69, 9.17) is 13.9 Å². The Morgan fingerprint density at radius 1 is 0.826 bits per heavy atom. The van der Waals surface area contributed by atoms with E-state index in [1.165, 1.54) is 70.6 Å². The molecule has 0 aliphatic carbocycles. The Hall–Kier alpha value is -2.46. The molecule has 262 valence electrons. The lowest BCUT2D eigenvalue weighted by Crippen LogP contribution is -2.37. The summed E-state index contributed by atoms with van der Waals surface area (Å²) in [4.78, 5) is 12.4. The number of benzene rings is 1. The van der Waals surface area contributed by atoms with Gasteiger partial charge in [-0.1, -0.05) is 96.0 Å². The summed E-state index contributed by atoms with van der Waals surface area (Å²) in [6, 6.07) is 7.09. The number of aromatic nitrogens is 2. The summed E-state index contributed by atoms with van der Waals surface area (Å²) >= 11 is 0. The van der Waals surface area contributed by atoms with Crippen molar-refractivity contribution >= 4 is 15.7 Å². The molecule has 1 atom stereocenters. The standard InChI is InChI=1S/C36H61N3O6S/c1-7-9-10-11-12-13-14-15-16-17-18-19-20-21-32(40)37-28-26-36(5,8-2)43-29-27-35(3,4)45-31-24-22-30(23-25-31)33-38-39-34(44-33)46(6,41)42/h22-25H,7-21,26-29H2,1-6H3,(H,37,40). The maximum Gasteiger partial charge on any atom is 0.335 e. The van der Waals surface area contributed by atoms with E-state index in [2.05, 4.69) is 36.3 Å². The fourth-order valence-electron chi connectivity index (χ4n) is 5.26. The first-order valence-corrected chi connectivity index (χ1v) is 19.5. The van der Waals surface area contributed by atoms with Gasteiger partial charge in [-0.3, -0.25) is 4.79 Å². The van der Waals surface area contributed by atoms with Gasteiger partial charge in [0.25, 0.3) is 0 Å². The first kappa shape index (κ1) is 39.7. The van der Waals surface area contributed by atoms with Crippen LogP contribution in [0.3, 0.4) is 0 Å². The third-order valence-electron chi connectivity index (χ3n) is 8.61. The minimum Gasteiger partial charge on any atom is -0.488 e. The van der Waals surface area contributed by atoms with Crippen molar-refractivity contribution in [1.29, 1.82) is 0 Å². The molecule has 0 spiro atoms. The van der Waals surface area contributed by atoms with Crippen molar-refractivity contribution in [2.75, 3.05) is 19.4 Å². The molecule has 2 rings (SSSR count). The van der Waals surface area contributed by atoms with Crippen molar-refractivity contribution in [2.45, 2.75) is 160 Å². The summed E-state index contributed by atoms with van der Waals surface area (Å²) in [7, 11) is -3.56. The van der Waals surface area contributed by atoms with Crippen molar-refractivity contribution in [3.63, 3.8) is 0 Å². The fraction of sp³-hybridized carbons (Fsp3) is 0.750. The molecule has 0 radical (unpaired) electrons. The maximum absolute atomic E-state index is 12.4. The number of carbonyl (C=O) groups excluding carboxylic acids is 1. The molecule has 0 saturated carbocycles. The van der Waals surface area contributed by atoms with E-state index in [0.29, 0.717) is 37.3 Å². The van der Waals surface area contributed by atoms with Crippen molar-refractivity contribution < 1.29 is 27.1 Å². The van der Waals surface area contributed by atoms with Crippen LogP contribution in [0.1, 0.15) is 144 Å². The number of hydrogen-bond donors (Lipinski definition) is 1. The van der Waals surface area contributed by atoms with Crippen LogP contribution in [-0.4, -0.2) is 55.1 Å². The SMILES string of the molecule is CCCCCCCCCCCCCCCC(=O)NCCC(C)(CC)OCCC(C)(C)Oc1ccc(-c2nnc(S(C)(=O)=O)o2)cc1. The lowest BCUT2D eigenvalue weighted by Gasteiger charge is -2.32. The zero-order valence-corrected chi connectivity index (χ0v) is 30.3. The third kappa shape index (κ3) is 16.4. The van der Waals surface area contributed by atoms with Crippen LogP contribution >= 0.6 is 0 Å². The highest BCUT2D eigenvalue weighted by atomic mass is 32.2. The number of nitrogens with zero attached hydrogens (tertiary/aromatic N) is 2. The average molecular weight is 664 g/mol. The molecule has 1 amide bonds. The fourth-order valence-corrected chi connectivity index (χ4v) is 5.68. The van der Waals surface area contributed by atoms with Crippen LogP contribution in [0.2, 0.25) is 0 Å². The monoisotopic (exact) mass is 663 g/mol. The molecule has 46 heavy (non-hydrogen) atoms. The Kier molecular flexibility index (Phi) is 17.9. The van der Waals surface area contributed by atoms with Crippen LogP contribution in [0, 0.1) is 0 Å². The molecule has 0 aliphatic heterocycles. The van der Waals surface area contributed by atoms with E-state index in [9.17, 15) is 13.2 Å². The lowest BCUT2D eigenvalue weighted by molar-refractivity contribution is -0.121. The number of amides is 1. The molecule has 1 aromatic carbocycles. The largest absolute Gasteiger partial charge is 0.488 e. The van der Waals surface area contributed by atoms with E-state index < -0.39 is 20.7 Å². The quantitative estimate of drug-likeness (QED) is 0.0991. The molecule has 0 saturated heterocycles. The smallest absolute Gasteiger partial charge is 0.335 e. The van der Waals surface area contributed by atoms with E-state index in [-0.39, 0.29) is 17.4 Å². The van der Waals surface area contributed by atoms with E-state index in [0.717, 1.165) is 31.9 Å². The highest BCUT2D eigenvalue weighted by molar-refractivity contribution is 7.90. The number of carbonyl (C=O) groups is 1. The van der Waals surface area contributed by atoms with Gasteiger partial charge < -0.3 is 19.2 Å². The number of nitrogens with one attached hydrogen (secondary N) is 1. The van der Waals surface area contributed by atoms with Gasteiger partial charge in [-0.05, 0) is 64.3 Å². The Balaban J connectivity index is 1.58. The number of unbranched alkanes of at least 4 members (excludes halogenated alkanes) is 12. The second kappa shape index (κ2) is 20.7. The molecular formula is C36H61N3O6S. The Morgan fingerprint density at radius 2 is 1.39 bits per heavy atom. The molecular weight excluding hydrogens is 602 g/mol. The summed E-state index contributed by atoms with van der Waals surface area (Å²) in [6.07, 6.45) is 20.9. The van der Waals surface area contributed by atoms with E-state index in [1.54, 1.807) is 24.3 Å². The minimum absolute atomic E-state index is 0.134. The normalized spacial score (nSPS) is 13.4.